The van der Waals surface area contributed by atoms with E-state index < -0.39 is 5.91 Å². The van der Waals surface area contributed by atoms with Crippen LogP contribution in [0.1, 0.15) is 5.56 Å². The first-order valence-corrected chi connectivity index (χ1v) is 12.4. The molecule has 2 amide bonds. The quantitative estimate of drug-likeness (QED) is 0.273. The molecule has 0 aliphatic carbocycles. The first-order chi connectivity index (χ1) is 16.5. The Labute approximate surface area is 204 Å². The molecule has 0 spiro atoms. The molecule has 0 radical (unpaired) electrons. The minimum Gasteiger partial charge on any atom is -0.369 e. The Morgan fingerprint density at radius 2 is 1.59 bits per heavy atom. The van der Waals surface area contributed by atoms with Crippen molar-refractivity contribution < 1.29 is 9.59 Å². The number of thioether (sulfide) groups is 2. The third kappa shape index (κ3) is 5.86. The van der Waals surface area contributed by atoms with E-state index in [1.807, 2.05) is 54.6 Å². The van der Waals surface area contributed by atoms with Gasteiger partial charge in [-0.05, 0) is 29.8 Å². The highest BCUT2D eigenvalue weighted by Crippen LogP contribution is 2.27. The number of benzene rings is 3. The predicted octanol–water partition coefficient (Wildman–Crippen LogP) is 3.75. The molecule has 3 N–H and O–H groups in total. The number of carbonyl (C=O) groups is 2. The Morgan fingerprint density at radius 1 is 0.882 bits per heavy atom. The minimum absolute atomic E-state index is 0.0639. The monoisotopic (exact) mass is 490 g/mol. The number of primary amides is 1. The fourth-order valence-electron chi connectivity index (χ4n) is 3.32. The van der Waals surface area contributed by atoms with Crippen molar-refractivity contribution in [3.05, 3.63) is 94.8 Å². The second-order valence-electron chi connectivity index (χ2n) is 7.38. The van der Waals surface area contributed by atoms with Crippen molar-refractivity contribution in [2.75, 3.05) is 16.8 Å². The predicted molar refractivity (Wildman–Crippen MR) is 137 cm³/mol. The summed E-state index contributed by atoms with van der Waals surface area (Å²) in [5.74, 6) is -0.491. The van der Waals surface area contributed by atoms with Gasteiger partial charge >= 0.3 is 0 Å². The summed E-state index contributed by atoms with van der Waals surface area (Å²) in [5.41, 5.74) is 7.25. The normalized spacial score (nSPS) is 10.8. The molecule has 4 rings (SSSR count). The van der Waals surface area contributed by atoms with Crippen LogP contribution in [-0.4, -0.2) is 32.9 Å². The number of fused-ring (bicyclic) bond motifs is 1. The smallest absolute Gasteiger partial charge is 0.262 e. The Balaban J connectivity index is 1.55. The topological polar surface area (TPSA) is 107 Å². The SMILES string of the molecule is NC(=O)CSc1ccccc1NC(=O)CSc1nc2ccccc2c(=O)n1Cc1ccccc1. The molecule has 1 heterocycles. The van der Waals surface area contributed by atoms with Crippen molar-refractivity contribution in [1.29, 1.82) is 0 Å². The summed E-state index contributed by atoms with van der Waals surface area (Å²) >= 11 is 2.47. The van der Waals surface area contributed by atoms with E-state index in [4.69, 9.17) is 5.73 Å². The van der Waals surface area contributed by atoms with E-state index in [2.05, 4.69) is 10.3 Å². The van der Waals surface area contributed by atoms with E-state index in [0.717, 1.165) is 10.5 Å². The number of nitrogens with two attached hydrogens (primary N) is 1. The highest BCUT2D eigenvalue weighted by atomic mass is 32.2. The summed E-state index contributed by atoms with van der Waals surface area (Å²) in [7, 11) is 0. The standard InChI is InChI=1S/C25H22N4O3S2/c26-22(30)15-33-21-13-7-6-12-20(21)27-23(31)16-34-25-28-19-11-5-4-10-18(19)24(32)29(25)14-17-8-2-1-3-9-17/h1-13H,14-16H2,(H2,26,30)(H,27,31). The van der Waals surface area contributed by atoms with Gasteiger partial charge in [-0.25, -0.2) is 4.98 Å². The number of aromatic nitrogens is 2. The fraction of sp³-hybridized carbons (Fsp3) is 0.120. The third-order valence-electron chi connectivity index (χ3n) is 4.87. The van der Waals surface area contributed by atoms with E-state index in [9.17, 15) is 14.4 Å². The lowest BCUT2D eigenvalue weighted by Crippen LogP contribution is -2.25. The van der Waals surface area contributed by atoms with Crippen molar-refractivity contribution in [3.8, 4) is 0 Å². The fourth-order valence-corrected chi connectivity index (χ4v) is 4.87. The molecule has 9 heteroatoms. The third-order valence-corrected chi connectivity index (χ3v) is 6.95. The van der Waals surface area contributed by atoms with Gasteiger partial charge in [0.2, 0.25) is 11.8 Å². The Kier molecular flexibility index (Phi) is 7.66. The van der Waals surface area contributed by atoms with Crippen LogP contribution in [0, 0.1) is 0 Å². The van der Waals surface area contributed by atoms with Crippen molar-refractivity contribution in [2.45, 2.75) is 16.6 Å². The first-order valence-electron chi connectivity index (χ1n) is 10.5. The molecule has 4 aromatic rings. The molecule has 0 fully saturated rings. The largest absolute Gasteiger partial charge is 0.369 e. The molecular formula is C25H22N4O3S2. The Morgan fingerprint density at radius 3 is 2.38 bits per heavy atom. The summed E-state index contributed by atoms with van der Waals surface area (Å²) in [6.07, 6.45) is 0. The van der Waals surface area contributed by atoms with Gasteiger partial charge in [-0.1, -0.05) is 66.4 Å². The molecule has 34 heavy (non-hydrogen) atoms. The van der Waals surface area contributed by atoms with Gasteiger partial charge < -0.3 is 11.1 Å². The maximum atomic E-state index is 13.2. The highest BCUT2D eigenvalue weighted by Gasteiger charge is 2.15. The van der Waals surface area contributed by atoms with Gasteiger partial charge in [0.05, 0.1) is 34.6 Å². The summed E-state index contributed by atoms with van der Waals surface area (Å²) in [5, 5.41) is 3.88. The average Bonchev–Trinajstić information content (AvgIpc) is 2.85. The molecular weight excluding hydrogens is 468 g/mol. The number of carbonyl (C=O) groups excluding carboxylic acids is 2. The Bertz CT molecular complexity index is 1390. The van der Waals surface area contributed by atoms with E-state index in [0.29, 0.717) is 28.3 Å². The van der Waals surface area contributed by atoms with Gasteiger partial charge in [0.15, 0.2) is 5.16 Å². The molecule has 0 saturated heterocycles. The second-order valence-corrected chi connectivity index (χ2v) is 9.34. The van der Waals surface area contributed by atoms with E-state index in [1.54, 1.807) is 28.8 Å². The maximum Gasteiger partial charge on any atom is 0.262 e. The minimum atomic E-state index is -0.430. The number of hydrogen-bond donors (Lipinski definition) is 2. The summed E-state index contributed by atoms with van der Waals surface area (Å²) in [6.45, 7) is 0.355. The zero-order valence-corrected chi connectivity index (χ0v) is 19.8. The Hall–Kier alpha value is -3.56. The van der Waals surface area contributed by atoms with Crippen LogP contribution in [0.2, 0.25) is 0 Å². The van der Waals surface area contributed by atoms with E-state index in [1.165, 1.54) is 23.5 Å². The number of anilines is 1. The lowest BCUT2D eigenvalue weighted by atomic mass is 10.2. The molecule has 3 aromatic carbocycles. The van der Waals surface area contributed by atoms with Crippen molar-refractivity contribution in [3.63, 3.8) is 0 Å². The van der Waals surface area contributed by atoms with Crippen LogP contribution in [0.25, 0.3) is 10.9 Å². The van der Waals surface area contributed by atoms with Crippen LogP contribution in [0.15, 0.2) is 93.7 Å². The summed E-state index contributed by atoms with van der Waals surface area (Å²) < 4.78 is 1.60. The first kappa shape index (κ1) is 23.6. The number of hydrogen-bond acceptors (Lipinski definition) is 6. The second kappa shape index (κ2) is 11.0. The lowest BCUT2D eigenvalue weighted by molar-refractivity contribution is -0.115. The maximum absolute atomic E-state index is 13.2. The van der Waals surface area contributed by atoms with Crippen LogP contribution >= 0.6 is 23.5 Å². The van der Waals surface area contributed by atoms with Crippen LogP contribution in [0.3, 0.4) is 0 Å². The van der Waals surface area contributed by atoms with Crippen molar-refractivity contribution in [2.24, 2.45) is 5.73 Å². The number of nitrogens with one attached hydrogen (secondary N) is 1. The van der Waals surface area contributed by atoms with Gasteiger partial charge in [-0.15, -0.1) is 11.8 Å². The van der Waals surface area contributed by atoms with Crippen LogP contribution in [0.4, 0.5) is 5.69 Å². The van der Waals surface area contributed by atoms with Crippen molar-refractivity contribution in [1.82, 2.24) is 9.55 Å². The number of amides is 2. The molecule has 0 bridgehead atoms. The zero-order chi connectivity index (χ0) is 23.9. The summed E-state index contributed by atoms with van der Waals surface area (Å²) in [4.78, 5) is 42.5. The average molecular weight is 491 g/mol. The number of nitrogens with zero attached hydrogens (tertiary/aromatic N) is 2. The van der Waals surface area contributed by atoms with E-state index >= 15 is 0 Å². The van der Waals surface area contributed by atoms with Crippen molar-refractivity contribution >= 4 is 51.9 Å². The molecule has 0 aliphatic rings. The van der Waals surface area contributed by atoms with Gasteiger partial charge in [0.1, 0.15) is 0 Å². The number of para-hydroxylation sites is 2. The molecule has 172 valence electrons. The molecule has 0 saturated carbocycles. The van der Waals surface area contributed by atoms with Crippen LogP contribution in [0.5, 0.6) is 0 Å². The lowest BCUT2D eigenvalue weighted by Gasteiger charge is -2.14. The molecule has 0 atom stereocenters. The molecule has 1 aromatic heterocycles. The highest BCUT2D eigenvalue weighted by molar-refractivity contribution is 8.00. The van der Waals surface area contributed by atoms with Gasteiger partial charge in [-0.3, -0.25) is 19.0 Å². The van der Waals surface area contributed by atoms with Crippen LogP contribution in [-0.2, 0) is 16.1 Å². The van der Waals surface area contributed by atoms with Crippen LogP contribution < -0.4 is 16.6 Å². The van der Waals surface area contributed by atoms with Gasteiger partial charge in [0.25, 0.3) is 5.56 Å². The zero-order valence-electron chi connectivity index (χ0n) is 18.1. The van der Waals surface area contributed by atoms with E-state index in [-0.39, 0.29) is 23.0 Å². The van der Waals surface area contributed by atoms with Gasteiger partial charge in [0, 0.05) is 4.90 Å². The molecule has 0 unspecified atom stereocenters. The summed E-state index contributed by atoms with van der Waals surface area (Å²) in [6, 6.07) is 24.1. The number of rotatable bonds is 9. The molecule has 0 aliphatic heterocycles. The molecule has 7 nitrogen and oxygen atoms in total. The van der Waals surface area contributed by atoms with Gasteiger partial charge in [-0.2, -0.15) is 0 Å².